The zero-order valence-corrected chi connectivity index (χ0v) is 15.5. The van der Waals surface area contributed by atoms with Crippen molar-refractivity contribution in [3.63, 3.8) is 0 Å². The predicted molar refractivity (Wildman–Crippen MR) is 102 cm³/mol. The van der Waals surface area contributed by atoms with Crippen molar-refractivity contribution in [3.05, 3.63) is 64.1 Å². The molecule has 0 atom stereocenters. The summed E-state index contributed by atoms with van der Waals surface area (Å²) in [5.41, 5.74) is 1.79. The third-order valence-corrected chi connectivity index (χ3v) is 4.19. The predicted octanol–water partition coefficient (Wildman–Crippen LogP) is 4.10. The number of halogens is 2. The molecule has 0 radical (unpaired) electrons. The number of nitrogens with one attached hydrogen (secondary N) is 1. The molecule has 0 heterocycles. The fourth-order valence-electron chi connectivity index (χ4n) is 2.43. The summed E-state index contributed by atoms with van der Waals surface area (Å²) in [6.45, 7) is 2.33. The molecule has 0 aliphatic heterocycles. The Labute approximate surface area is 157 Å². The van der Waals surface area contributed by atoms with Gasteiger partial charge in [-0.1, -0.05) is 35.3 Å². The van der Waals surface area contributed by atoms with Gasteiger partial charge in [0, 0.05) is 42.2 Å². The van der Waals surface area contributed by atoms with E-state index in [-0.39, 0.29) is 18.2 Å². The third kappa shape index (κ3) is 6.40. The Morgan fingerprint density at radius 2 is 1.76 bits per heavy atom. The lowest BCUT2D eigenvalue weighted by molar-refractivity contribution is -0.121. The van der Waals surface area contributed by atoms with E-state index in [9.17, 15) is 9.59 Å². The van der Waals surface area contributed by atoms with E-state index >= 15 is 0 Å². The van der Waals surface area contributed by atoms with Crippen LogP contribution in [0.3, 0.4) is 0 Å². The van der Waals surface area contributed by atoms with E-state index in [0.717, 1.165) is 11.3 Å². The molecule has 0 fully saturated rings. The number of anilines is 1. The Bertz CT molecular complexity index is 732. The van der Waals surface area contributed by atoms with Gasteiger partial charge in [0.15, 0.2) is 0 Å². The SMILES string of the molecule is CC(=O)N(CCC(=O)NCCc1cccc(Cl)c1)c1ccc(Cl)cc1. The van der Waals surface area contributed by atoms with Crippen LogP contribution in [0.1, 0.15) is 18.9 Å². The molecular formula is C19H20Cl2N2O2. The highest BCUT2D eigenvalue weighted by molar-refractivity contribution is 6.30. The third-order valence-electron chi connectivity index (χ3n) is 3.71. The Morgan fingerprint density at radius 1 is 1.04 bits per heavy atom. The van der Waals surface area contributed by atoms with Crippen molar-refractivity contribution in [2.45, 2.75) is 19.8 Å². The molecule has 0 saturated carbocycles. The van der Waals surface area contributed by atoms with Crippen LogP contribution in [0.5, 0.6) is 0 Å². The van der Waals surface area contributed by atoms with Crippen molar-refractivity contribution in [2.75, 3.05) is 18.0 Å². The lowest BCUT2D eigenvalue weighted by Gasteiger charge is -2.21. The average molecular weight is 379 g/mol. The van der Waals surface area contributed by atoms with Gasteiger partial charge in [-0.2, -0.15) is 0 Å². The molecule has 0 aliphatic carbocycles. The van der Waals surface area contributed by atoms with Gasteiger partial charge in [0.1, 0.15) is 0 Å². The fourth-order valence-corrected chi connectivity index (χ4v) is 2.77. The van der Waals surface area contributed by atoms with Crippen LogP contribution in [0, 0.1) is 0 Å². The molecule has 25 heavy (non-hydrogen) atoms. The number of amides is 2. The quantitative estimate of drug-likeness (QED) is 0.788. The number of nitrogens with zero attached hydrogens (tertiary/aromatic N) is 1. The minimum absolute atomic E-state index is 0.0951. The zero-order valence-electron chi connectivity index (χ0n) is 14.0. The maximum atomic E-state index is 12.0. The second-order valence-electron chi connectivity index (χ2n) is 5.63. The smallest absolute Gasteiger partial charge is 0.223 e. The minimum Gasteiger partial charge on any atom is -0.356 e. The maximum absolute atomic E-state index is 12.0. The van der Waals surface area contributed by atoms with Gasteiger partial charge in [-0.25, -0.2) is 0 Å². The number of carbonyl (C=O) groups excluding carboxylic acids is 2. The standard InChI is InChI=1S/C19H20Cl2N2O2/c1-14(24)23(18-7-5-16(20)6-8-18)12-10-19(25)22-11-9-15-3-2-4-17(21)13-15/h2-8,13H,9-12H2,1H3,(H,22,25). The van der Waals surface area contributed by atoms with Crippen LogP contribution in [0.4, 0.5) is 5.69 Å². The Morgan fingerprint density at radius 3 is 2.40 bits per heavy atom. The molecule has 4 nitrogen and oxygen atoms in total. The van der Waals surface area contributed by atoms with Crippen LogP contribution in [0.25, 0.3) is 0 Å². The van der Waals surface area contributed by atoms with Crippen molar-refractivity contribution in [1.82, 2.24) is 5.32 Å². The molecule has 132 valence electrons. The molecule has 0 bridgehead atoms. The van der Waals surface area contributed by atoms with E-state index in [1.54, 1.807) is 29.2 Å². The van der Waals surface area contributed by atoms with Gasteiger partial charge < -0.3 is 10.2 Å². The van der Waals surface area contributed by atoms with Crippen molar-refractivity contribution in [3.8, 4) is 0 Å². The molecular weight excluding hydrogens is 359 g/mol. The van der Waals surface area contributed by atoms with Gasteiger partial charge in [-0.3, -0.25) is 9.59 Å². The van der Waals surface area contributed by atoms with E-state index < -0.39 is 0 Å². The molecule has 6 heteroatoms. The lowest BCUT2D eigenvalue weighted by atomic mass is 10.1. The fraction of sp³-hybridized carbons (Fsp3) is 0.263. The summed E-state index contributed by atoms with van der Waals surface area (Å²) in [6, 6.07) is 14.5. The summed E-state index contributed by atoms with van der Waals surface area (Å²) in [5, 5.41) is 4.15. The molecule has 2 rings (SSSR count). The molecule has 2 aromatic rings. The van der Waals surface area contributed by atoms with Gasteiger partial charge in [0.05, 0.1) is 0 Å². The number of benzene rings is 2. The highest BCUT2D eigenvalue weighted by Crippen LogP contribution is 2.18. The van der Waals surface area contributed by atoms with Crippen LogP contribution in [0.2, 0.25) is 10.0 Å². The van der Waals surface area contributed by atoms with Crippen LogP contribution in [-0.2, 0) is 16.0 Å². The van der Waals surface area contributed by atoms with Gasteiger partial charge in [0.25, 0.3) is 0 Å². The van der Waals surface area contributed by atoms with Gasteiger partial charge >= 0.3 is 0 Å². The first-order chi connectivity index (χ1) is 12.0. The molecule has 1 N–H and O–H groups in total. The monoisotopic (exact) mass is 378 g/mol. The first kappa shape index (κ1) is 19.3. The van der Waals surface area contributed by atoms with Crippen molar-refractivity contribution in [2.24, 2.45) is 0 Å². The summed E-state index contributed by atoms with van der Waals surface area (Å²) in [5.74, 6) is -0.212. The number of hydrogen-bond acceptors (Lipinski definition) is 2. The number of hydrogen-bond donors (Lipinski definition) is 1. The van der Waals surface area contributed by atoms with E-state index in [4.69, 9.17) is 23.2 Å². The number of rotatable bonds is 7. The van der Waals surface area contributed by atoms with Crippen LogP contribution in [-0.4, -0.2) is 24.9 Å². The van der Waals surface area contributed by atoms with E-state index in [1.165, 1.54) is 6.92 Å². The van der Waals surface area contributed by atoms with Crippen molar-refractivity contribution in [1.29, 1.82) is 0 Å². The Hall–Kier alpha value is -2.04. The lowest BCUT2D eigenvalue weighted by Crippen LogP contribution is -2.34. The summed E-state index contributed by atoms with van der Waals surface area (Å²) < 4.78 is 0. The van der Waals surface area contributed by atoms with Crippen molar-refractivity contribution < 1.29 is 9.59 Å². The van der Waals surface area contributed by atoms with Gasteiger partial charge in [0.2, 0.25) is 11.8 Å². The highest BCUT2D eigenvalue weighted by atomic mass is 35.5. The van der Waals surface area contributed by atoms with E-state index in [0.29, 0.717) is 29.6 Å². The van der Waals surface area contributed by atoms with E-state index in [2.05, 4.69) is 5.32 Å². The number of carbonyl (C=O) groups is 2. The van der Waals surface area contributed by atoms with E-state index in [1.807, 2.05) is 24.3 Å². The minimum atomic E-state index is -0.117. The average Bonchev–Trinajstić information content (AvgIpc) is 2.56. The molecule has 2 amide bonds. The van der Waals surface area contributed by atoms with Crippen LogP contribution in [0.15, 0.2) is 48.5 Å². The molecule has 0 aromatic heterocycles. The second-order valence-corrected chi connectivity index (χ2v) is 6.50. The first-order valence-electron chi connectivity index (χ1n) is 8.00. The zero-order chi connectivity index (χ0) is 18.2. The van der Waals surface area contributed by atoms with Crippen LogP contribution < -0.4 is 10.2 Å². The second kappa shape index (κ2) is 9.44. The molecule has 0 saturated heterocycles. The highest BCUT2D eigenvalue weighted by Gasteiger charge is 2.13. The van der Waals surface area contributed by atoms with Crippen molar-refractivity contribution >= 4 is 40.7 Å². The molecule has 2 aromatic carbocycles. The summed E-state index contributed by atoms with van der Waals surface area (Å²) in [6.07, 6.45) is 0.942. The summed E-state index contributed by atoms with van der Waals surface area (Å²) >= 11 is 11.8. The Kier molecular flexibility index (Phi) is 7.29. The topological polar surface area (TPSA) is 49.4 Å². The Balaban J connectivity index is 1.80. The summed E-state index contributed by atoms with van der Waals surface area (Å²) in [7, 11) is 0. The summed E-state index contributed by atoms with van der Waals surface area (Å²) in [4.78, 5) is 25.4. The molecule has 0 unspecified atom stereocenters. The van der Waals surface area contributed by atoms with Crippen LogP contribution >= 0.6 is 23.2 Å². The molecule has 0 spiro atoms. The first-order valence-corrected chi connectivity index (χ1v) is 8.76. The molecule has 0 aliphatic rings. The van der Waals surface area contributed by atoms with Gasteiger partial charge in [-0.05, 0) is 48.4 Å². The van der Waals surface area contributed by atoms with Gasteiger partial charge in [-0.15, -0.1) is 0 Å². The largest absolute Gasteiger partial charge is 0.356 e. The normalized spacial score (nSPS) is 10.4. The maximum Gasteiger partial charge on any atom is 0.223 e.